The Morgan fingerprint density at radius 1 is 1.22 bits per heavy atom. The van der Waals surface area contributed by atoms with E-state index in [1.165, 1.54) is 24.5 Å². The Hall–Kier alpha value is -4.28. The van der Waals surface area contributed by atoms with Gasteiger partial charge in [-0.1, -0.05) is 6.07 Å². The zero-order chi connectivity index (χ0) is 22.7. The van der Waals surface area contributed by atoms with Crippen molar-refractivity contribution in [3.63, 3.8) is 0 Å². The average molecular weight is 440 g/mol. The molecule has 164 valence electrons. The minimum atomic E-state index is -1.13. The number of fused-ring (bicyclic) bond motifs is 1. The summed E-state index contributed by atoms with van der Waals surface area (Å²) in [5.74, 6) is -1.69. The van der Waals surface area contributed by atoms with Crippen LogP contribution in [0.25, 0.3) is 10.9 Å². The maximum atomic E-state index is 13.7. The average Bonchev–Trinajstić information content (AvgIpc) is 3.18. The van der Waals surface area contributed by atoms with Gasteiger partial charge in [-0.15, -0.1) is 0 Å². The molecule has 0 unspecified atom stereocenters. The van der Waals surface area contributed by atoms with E-state index in [0.717, 1.165) is 6.07 Å². The highest BCUT2D eigenvalue weighted by Gasteiger charge is 2.15. The van der Waals surface area contributed by atoms with Crippen molar-refractivity contribution in [1.29, 1.82) is 0 Å². The third-order valence-electron chi connectivity index (χ3n) is 4.46. The van der Waals surface area contributed by atoms with Crippen LogP contribution in [0.1, 0.15) is 12.6 Å². The number of carbonyl (C=O) groups excluding carboxylic acids is 1. The first-order valence-corrected chi connectivity index (χ1v) is 9.60. The molecule has 2 aromatic carbocycles. The lowest BCUT2D eigenvalue weighted by molar-refractivity contribution is -0.115. The topological polar surface area (TPSA) is 125 Å². The van der Waals surface area contributed by atoms with Gasteiger partial charge < -0.3 is 20.5 Å². The van der Waals surface area contributed by atoms with Gasteiger partial charge in [0.1, 0.15) is 23.6 Å². The molecule has 0 atom stereocenters. The van der Waals surface area contributed by atoms with Crippen molar-refractivity contribution in [3.8, 4) is 11.5 Å². The Bertz CT molecular complexity index is 1290. The first-order chi connectivity index (χ1) is 15.4. The molecular formula is C21H18F2N6O3. The van der Waals surface area contributed by atoms with Crippen LogP contribution in [0, 0.1) is 11.6 Å². The number of ether oxygens (including phenoxy) is 1. The number of phenols is 1. The van der Waals surface area contributed by atoms with Crippen molar-refractivity contribution in [2.45, 2.75) is 13.3 Å². The first kappa shape index (κ1) is 21.0. The molecule has 0 spiro atoms. The lowest BCUT2D eigenvalue weighted by Gasteiger charge is -2.10. The summed E-state index contributed by atoms with van der Waals surface area (Å²) < 4.78 is 32.4. The predicted octanol–water partition coefficient (Wildman–Crippen LogP) is 3.66. The SMILES string of the molecule is CCOc1cc(O)c2c(Nc3cc(CC(=O)Nc4cccc(F)c4F)[nH]n3)ncnc2c1. The van der Waals surface area contributed by atoms with Gasteiger partial charge >= 0.3 is 0 Å². The molecule has 4 N–H and O–H groups in total. The third-order valence-corrected chi connectivity index (χ3v) is 4.46. The van der Waals surface area contributed by atoms with Crippen LogP contribution >= 0.6 is 0 Å². The molecule has 0 aliphatic rings. The monoisotopic (exact) mass is 440 g/mol. The van der Waals surface area contributed by atoms with E-state index in [4.69, 9.17) is 4.74 Å². The number of aromatic amines is 1. The van der Waals surface area contributed by atoms with Crippen molar-refractivity contribution < 1.29 is 23.4 Å². The van der Waals surface area contributed by atoms with E-state index in [0.29, 0.717) is 40.6 Å². The molecule has 0 bridgehead atoms. The van der Waals surface area contributed by atoms with Gasteiger partial charge in [0, 0.05) is 23.9 Å². The second-order valence-electron chi connectivity index (χ2n) is 6.72. The van der Waals surface area contributed by atoms with Crippen LogP contribution in [-0.4, -0.2) is 37.8 Å². The molecule has 0 saturated carbocycles. The van der Waals surface area contributed by atoms with Gasteiger partial charge in [0.2, 0.25) is 5.91 Å². The maximum Gasteiger partial charge on any atom is 0.230 e. The van der Waals surface area contributed by atoms with E-state index in [1.807, 2.05) is 6.92 Å². The Labute approximate surface area is 180 Å². The molecule has 0 fully saturated rings. The molecule has 0 aliphatic heterocycles. The van der Waals surface area contributed by atoms with Crippen LogP contribution < -0.4 is 15.4 Å². The van der Waals surface area contributed by atoms with Gasteiger partial charge in [-0.05, 0) is 19.1 Å². The van der Waals surface area contributed by atoms with Gasteiger partial charge in [-0.2, -0.15) is 5.10 Å². The molecule has 11 heteroatoms. The van der Waals surface area contributed by atoms with E-state index in [2.05, 4.69) is 30.8 Å². The van der Waals surface area contributed by atoms with Crippen molar-refractivity contribution in [2.24, 2.45) is 0 Å². The molecule has 0 saturated heterocycles. The second-order valence-corrected chi connectivity index (χ2v) is 6.72. The van der Waals surface area contributed by atoms with E-state index in [9.17, 15) is 18.7 Å². The van der Waals surface area contributed by atoms with Crippen LogP contribution in [0.4, 0.5) is 26.1 Å². The Balaban J connectivity index is 1.49. The fourth-order valence-electron chi connectivity index (χ4n) is 3.09. The van der Waals surface area contributed by atoms with Crippen LogP contribution in [-0.2, 0) is 11.2 Å². The van der Waals surface area contributed by atoms with Crippen molar-refractivity contribution in [3.05, 3.63) is 60.1 Å². The van der Waals surface area contributed by atoms with Gasteiger partial charge in [0.05, 0.1) is 29.6 Å². The number of hydrogen-bond donors (Lipinski definition) is 4. The molecule has 4 rings (SSSR count). The molecule has 4 aromatic rings. The lowest BCUT2D eigenvalue weighted by atomic mass is 10.2. The number of nitrogens with zero attached hydrogens (tertiary/aromatic N) is 3. The fraction of sp³-hybridized carbons (Fsp3) is 0.143. The van der Waals surface area contributed by atoms with Crippen LogP contribution in [0.3, 0.4) is 0 Å². The zero-order valence-corrected chi connectivity index (χ0v) is 16.8. The minimum Gasteiger partial charge on any atom is -0.507 e. The number of phenolic OH excluding ortho intramolecular Hbond substituents is 1. The van der Waals surface area contributed by atoms with Crippen LogP contribution in [0.5, 0.6) is 11.5 Å². The Kier molecular flexibility index (Phi) is 5.79. The van der Waals surface area contributed by atoms with E-state index < -0.39 is 17.5 Å². The van der Waals surface area contributed by atoms with E-state index in [-0.39, 0.29) is 17.9 Å². The second kappa shape index (κ2) is 8.84. The number of halogens is 2. The van der Waals surface area contributed by atoms with Gasteiger partial charge in [-0.3, -0.25) is 9.89 Å². The van der Waals surface area contributed by atoms with Crippen molar-refractivity contribution >= 4 is 34.1 Å². The third kappa shape index (κ3) is 4.41. The predicted molar refractivity (Wildman–Crippen MR) is 113 cm³/mol. The highest BCUT2D eigenvalue weighted by molar-refractivity contribution is 5.96. The van der Waals surface area contributed by atoms with Crippen LogP contribution in [0.15, 0.2) is 42.7 Å². The number of aromatic nitrogens is 4. The van der Waals surface area contributed by atoms with Crippen LogP contribution in [0.2, 0.25) is 0 Å². The van der Waals surface area contributed by atoms with Crippen molar-refractivity contribution in [2.75, 3.05) is 17.2 Å². The minimum absolute atomic E-state index is 0.0682. The number of hydrogen-bond acceptors (Lipinski definition) is 7. The summed E-state index contributed by atoms with van der Waals surface area (Å²) >= 11 is 0. The molecule has 9 nitrogen and oxygen atoms in total. The summed E-state index contributed by atoms with van der Waals surface area (Å²) in [5, 5.41) is 22.8. The number of anilines is 3. The number of H-pyrrole nitrogens is 1. The zero-order valence-electron chi connectivity index (χ0n) is 16.8. The van der Waals surface area contributed by atoms with E-state index >= 15 is 0 Å². The largest absolute Gasteiger partial charge is 0.507 e. The van der Waals surface area contributed by atoms with E-state index in [1.54, 1.807) is 12.1 Å². The maximum absolute atomic E-state index is 13.7. The van der Waals surface area contributed by atoms with Gasteiger partial charge in [0.15, 0.2) is 17.5 Å². The lowest BCUT2D eigenvalue weighted by Crippen LogP contribution is -2.16. The standard InChI is InChI=1S/C21H18F2N6O3/c1-2-32-12-8-15-19(16(30)9-12)21(25-10-24-15)27-17-6-11(28-29-17)7-18(31)26-14-5-3-4-13(22)20(14)23/h3-6,8-10,30H,2,7H2,1H3,(H,26,31)(H2,24,25,27,28,29). The molecule has 0 radical (unpaired) electrons. The fourth-order valence-corrected chi connectivity index (χ4v) is 3.09. The molecule has 32 heavy (non-hydrogen) atoms. The van der Waals surface area contributed by atoms with Crippen molar-refractivity contribution in [1.82, 2.24) is 20.2 Å². The molecule has 1 amide bonds. The van der Waals surface area contributed by atoms with Gasteiger partial charge in [0.25, 0.3) is 0 Å². The smallest absolute Gasteiger partial charge is 0.230 e. The number of amides is 1. The normalized spacial score (nSPS) is 10.8. The number of nitrogens with one attached hydrogen (secondary N) is 3. The summed E-state index contributed by atoms with van der Waals surface area (Å²) in [7, 11) is 0. The summed E-state index contributed by atoms with van der Waals surface area (Å²) in [4.78, 5) is 20.5. The Morgan fingerprint density at radius 3 is 2.88 bits per heavy atom. The molecule has 2 heterocycles. The first-order valence-electron chi connectivity index (χ1n) is 9.60. The highest BCUT2D eigenvalue weighted by Crippen LogP contribution is 2.34. The molecule has 0 aliphatic carbocycles. The summed E-state index contributed by atoms with van der Waals surface area (Å²) in [5.41, 5.74) is 0.642. The number of carbonyl (C=O) groups is 1. The highest BCUT2D eigenvalue weighted by atomic mass is 19.2. The molecule has 2 aromatic heterocycles. The molecular weight excluding hydrogens is 422 g/mol. The number of benzene rings is 2. The van der Waals surface area contributed by atoms with Gasteiger partial charge in [-0.25, -0.2) is 18.7 Å². The quantitative estimate of drug-likeness (QED) is 0.346. The number of rotatable bonds is 7. The summed E-state index contributed by atoms with van der Waals surface area (Å²) in [6.45, 7) is 2.27. The Morgan fingerprint density at radius 2 is 2.06 bits per heavy atom. The summed E-state index contributed by atoms with van der Waals surface area (Å²) in [6, 6.07) is 8.22. The summed E-state index contributed by atoms with van der Waals surface area (Å²) in [6.07, 6.45) is 1.17. The number of aromatic hydroxyl groups is 1.